The number of pyridine rings is 1. The Morgan fingerprint density at radius 2 is 1.71 bits per heavy atom. The van der Waals surface area contributed by atoms with E-state index in [2.05, 4.69) is 47.9 Å². The maximum atomic E-state index is 12.5. The number of allylic oxidation sites excluding steroid dienone is 3. The van der Waals surface area contributed by atoms with Crippen molar-refractivity contribution in [3.63, 3.8) is 0 Å². The summed E-state index contributed by atoms with van der Waals surface area (Å²) < 4.78 is 10.6. The number of ether oxygens (including phenoxy) is 2. The third-order valence-electron chi connectivity index (χ3n) is 10.6. The second-order valence-corrected chi connectivity index (χ2v) is 12.7. The van der Waals surface area contributed by atoms with Gasteiger partial charge in [-0.05, 0) is 97.2 Å². The predicted octanol–water partition coefficient (Wildman–Crippen LogP) is 7.46. The van der Waals surface area contributed by atoms with Crippen molar-refractivity contribution < 1.29 is 19.1 Å². The molecule has 1 heterocycles. The van der Waals surface area contributed by atoms with Crippen LogP contribution in [-0.4, -0.2) is 30.1 Å². The minimum Gasteiger partial charge on any atom is -0.469 e. The molecule has 2 saturated carbocycles. The van der Waals surface area contributed by atoms with Gasteiger partial charge in [-0.2, -0.15) is 0 Å². The van der Waals surface area contributed by atoms with Crippen LogP contribution in [0.4, 0.5) is 0 Å². The molecule has 0 aromatic carbocycles. The van der Waals surface area contributed by atoms with Crippen LogP contribution in [0.25, 0.3) is 5.57 Å². The molecule has 2 fully saturated rings. The third-order valence-corrected chi connectivity index (χ3v) is 10.6. The first-order valence-corrected chi connectivity index (χ1v) is 14.9. The molecule has 6 atom stereocenters. The van der Waals surface area contributed by atoms with Crippen LogP contribution in [0.3, 0.4) is 0 Å². The molecular formula is C33H45NO4. The summed E-state index contributed by atoms with van der Waals surface area (Å²) in [5.74, 6) is 1.94. The molecule has 5 nitrogen and oxygen atoms in total. The lowest BCUT2D eigenvalue weighted by Gasteiger charge is -2.57. The summed E-state index contributed by atoms with van der Waals surface area (Å²) in [5, 5.41) is 0. The Morgan fingerprint density at radius 1 is 0.947 bits per heavy atom. The van der Waals surface area contributed by atoms with Crippen molar-refractivity contribution in [1.82, 2.24) is 4.98 Å². The summed E-state index contributed by atoms with van der Waals surface area (Å²) in [6, 6.07) is 4.29. The van der Waals surface area contributed by atoms with Crippen LogP contribution in [0, 0.1) is 28.6 Å². The van der Waals surface area contributed by atoms with E-state index in [9.17, 15) is 9.59 Å². The van der Waals surface area contributed by atoms with E-state index in [0.29, 0.717) is 18.8 Å². The highest BCUT2D eigenvalue weighted by Crippen LogP contribution is 2.66. The van der Waals surface area contributed by atoms with Gasteiger partial charge in [0, 0.05) is 31.7 Å². The van der Waals surface area contributed by atoms with Gasteiger partial charge in [0.1, 0.15) is 6.10 Å². The number of unbranched alkanes of at least 4 members (excludes halogenated alkanes) is 3. The highest BCUT2D eigenvalue weighted by atomic mass is 16.5. The highest BCUT2D eigenvalue weighted by Gasteiger charge is 2.57. The molecule has 4 aliphatic rings. The molecule has 0 bridgehead atoms. The third kappa shape index (κ3) is 5.22. The van der Waals surface area contributed by atoms with Crippen LogP contribution in [0.5, 0.6) is 0 Å². The summed E-state index contributed by atoms with van der Waals surface area (Å²) in [4.78, 5) is 28.2. The van der Waals surface area contributed by atoms with Crippen LogP contribution in [0.15, 0.2) is 42.3 Å². The second-order valence-electron chi connectivity index (χ2n) is 12.7. The fourth-order valence-corrected chi connectivity index (χ4v) is 8.50. The Balaban J connectivity index is 1.15. The molecule has 1 aromatic rings. The minimum absolute atomic E-state index is 0.0249. The van der Waals surface area contributed by atoms with Crippen LogP contribution in [-0.2, 0) is 19.1 Å². The van der Waals surface area contributed by atoms with Crippen LogP contribution < -0.4 is 0 Å². The monoisotopic (exact) mass is 519 g/mol. The number of hydrogen-bond acceptors (Lipinski definition) is 5. The van der Waals surface area contributed by atoms with Gasteiger partial charge in [-0.3, -0.25) is 14.6 Å². The Morgan fingerprint density at radius 3 is 2.45 bits per heavy atom. The number of nitrogens with zero attached hydrogens (tertiary/aromatic N) is 1. The average Bonchev–Trinajstić information content (AvgIpc) is 3.28. The number of esters is 2. The highest BCUT2D eigenvalue weighted by molar-refractivity contribution is 5.72. The summed E-state index contributed by atoms with van der Waals surface area (Å²) in [5.41, 5.74) is 4.86. The van der Waals surface area contributed by atoms with Crippen molar-refractivity contribution >= 4 is 17.5 Å². The average molecular weight is 520 g/mol. The van der Waals surface area contributed by atoms with E-state index in [-0.39, 0.29) is 28.9 Å². The van der Waals surface area contributed by atoms with E-state index in [4.69, 9.17) is 4.74 Å². The molecule has 0 radical (unpaired) electrons. The molecule has 5 rings (SSSR count). The summed E-state index contributed by atoms with van der Waals surface area (Å²) in [6.07, 6.45) is 21.3. The minimum atomic E-state index is -0.159. The molecule has 38 heavy (non-hydrogen) atoms. The van der Waals surface area contributed by atoms with E-state index < -0.39 is 0 Å². The van der Waals surface area contributed by atoms with Gasteiger partial charge in [0.15, 0.2) is 0 Å². The molecule has 0 N–H and O–H groups in total. The van der Waals surface area contributed by atoms with E-state index in [1.807, 2.05) is 12.4 Å². The Labute approximate surface area is 228 Å². The molecule has 0 spiro atoms. The van der Waals surface area contributed by atoms with E-state index in [1.54, 1.807) is 5.57 Å². The molecule has 0 aliphatic heterocycles. The zero-order valence-electron chi connectivity index (χ0n) is 23.5. The van der Waals surface area contributed by atoms with Gasteiger partial charge in [-0.25, -0.2) is 0 Å². The van der Waals surface area contributed by atoms with Gasteiger partial charge in [0.2, 0.25) is 0 Å². The first-order valence-electron chi connectivity index (χ1n) is 14.9. The van der Waals surface area contributed by atoms with Crippen LogP contribution in [0.2, 0.25) is 0 Å². The molecule has 0 amide bonds. The maximum absolute atomic E-state index is 12.5. The van der Waals surface area contributed by atoms with E-state index in [0.717, 1.165) is 63.2 Å². The zero-order valence-corrected chi connectivity index (χ0v) is 23.5. The molecular weight excluding hydrogens is 474 g/mol. The fourth-order valence-electron chi connectivity index (χ4n) is 8.50. The molecule has 0 unspecified atom stereocenters. The quantitative estimate of drug-likeness (QED) is 0.192. The number of rotatable bonds is 9. The number of fused-ring (bicyclic) bond motifs is 5. The number of hydrogen-bond donors (Lipinski definition) is 0. The van der Waals surface area contributed by atoms with E-state index in [1.165, 1.54) is 37.5 Å². The first-order chi connectivity index (χ1) is 18.3. The summed E-state index contributed by atoms with van der Waals surface area (Å²) in [6.45, 7) is 5.02. The Kier molecular flexibility index (Phi) is 8.11. The lowest BCUT2D eigenvalue weighted by molar-refractivity contribution is -0.151. The molecule has 206 valence electrons. The lowest BCUT2D eigenvalue weighted by atomic mass is 9.47. The number of carbonyl (C=O) groups is 2. The predicted molar refractivity (Wildman–Crippen MR) is 149 cm³/mol. The van der Waals surface area contributed by atoms with Crippen molar-refractivity contribution in [3.8, 4) is 0 Å². The van der Waals surface area contributed by atoms with Gasteiger partial charge in [-0.15, -0.1) is 0 Å². The van der Waals surface area contributed by atoms with Gasteiger partial charge in [-0.1, -0.05) is 50.5 Å². The number of aromatic nitrogens is 1. The van der Waals surface area contributed by atoms with Crippen molar-refractivity contribution in [2.45, 2.75) is 103 Å². The Bertz CT molecular complexity index is 1080. The maximum Gasteiger partial charge on any atom is 0.306 e. The molecule has 4 aliphatic carbocycles. The van der Waals surface area contributed by atoms with Gasteiger partial charge in [0.25, 0.3) is 0 Å². The van der Waals surface area contributed by atoms with Gasteiger partial charge >= 0.3 is 11.9 Å². The summed E-state index contributed by atoms with van der Waals surface area (Å²) >= 11 is 0. The fraction of sp³-hybridized carbons (Fsp3) is 0.667. The van der Waals surface area contributed by atoms with Crippen molar-refractivity contribution in [3.05, 3.63) is 47.8 Å². The molecule has 1 aromatic heterocycles. The van der Waals surface area contributed by atoms with Crippen molar-refractivity contribution in [1.29, 1.82) is 0 Å². The van der Waals surface area contributed by atoms with Crippen LogP contribution >= 0.6 is 0 Å². The topological polar surface area (TPSA) is 65.5 Å². The largest absolute Gasteiger partial charge is 0.469 e. The zero-order chi connectivity index (χ0) is 26.8. The Hall–Kier alpha value is -2.43. The van der Waals surface area contributed by atoms with Gasteiger partial charge in [0.05, 0.1) is 7.11 Å². The van der Waals surface area contributed by atoms with Crippen LogP contribution in [0.1, 0.15) is 103 Å². The van der Waals surface area contributed by atoms with E-state index >= 15 is 0 Å². The number of methoxy groups -OCH3 is 1. The lowest BCUT2D eigenvalue weighted by Crippen LogP contribution is -2.50. The molecule has 5 heteroatoms. The normalized spacial score (nSPS) is 33.8. The number of carbonyl (C=O) groups excluding carboxylic acids is 2. The molecule has 0 saturated heterocycles. The SMILES string of the molecule is COC(=O)CCCCCCC(=O)O[C@@H]1CC[C@@]2(C)C(=CC[C@@H]3[C@@H]2CC[C@]2(C)C(c4cccnc4)=CC[C@@H]32)C1. The standard InChI is InChI=1S/C33H45NO4/c1-32-18-16-25(38-31(36)11-7-5-4-6-10-30(35)37-3)21-24(32)12-13-26-28-15-14-27(23-9-8-20-34-22-23)33(28,2)19-17-29(26)32/h8-9,12,14,20,22,25-26,28-29H,4-7,10-11,13,15-19,21H2,1-3H3/t25-,26+,28+,29+,32+,33-/m1/s1. The van der Waals surface area contributed by atoms with Crippen molar-refractivity contribution in [2.24, 2.45) is 28.6 Å². The second kappa shape index (κ2) is 11.4. The van der Waals surface area contributed by atoms with Crippen molar-refractivity contribution in [2.75, 3.05) is 7.11 Å². The first kappa shape index (κ1) is 27.1. The summed E-state index contributed by atoms with van der Waals surface area (Å²) in [7, 11) is 1.42. The smallest absolute Gasteiger partial charge is 0.306 e. The van der Waals surface area contributed by atoms with Gasteiger partial charge < -0.3 is 9.47 Å².